The van der Waals surface area contributed by atoms with Crippen molar-refractivity contribution in [3.63, 3.8) is 0 Å². The second kappa shape index (κ2) is 6.52. The van der Waals surface area contributed by atoms with Crippen LogP contribution >= 0.6 is 0 Å². The van der Waals surface area contributed by atoms with Gasteiger partial charge in [-0.2, -0.15) is 0 Å². The molecule has 4 heteroatoms. The first-order chi connectivity index (χ1) is 15.6. The van der Waals surface area contributed by atoms with Gasteiger partial charge in [0.15, 0.2) is 0 Å². The number of carbonyl (C=O) groups excluding carboxylic acids is 1. The van der Waals surface area contributed by atoms with Crippen molar-refractivity contribution in [2.45, 2.75) is 118 Å². The average Bonchev–Trinajstić information content (AvgIpc) is 3.01. The maximum absolute atomic E-state index is 12.8. The van der Waals surface area contributed by atoms with Gasteiger partial charge in [-0.3, -0.25) is 4.79 Å². The van der Waals surface area contributed by atoms with Crippen LogP contribution in [-0.4, -0.2) is 34.5 Å². The van der Waals surface area contributed by atoms with Crippen LogP contribution in [0.15, 0.2) is 11.6 Å². The van der Waals surface area contributed by atoms with Crippen molar-refractivity contribution in [2.75, 3.05) is 0 Å². The molecule has 6 rings (SSSR count). The normalized spacial score (nSPS) is 59.7. The van der Waals surface area contributed by atoms with Crippen molar-refractivity contribution in [1.29, 1.82) is 0 Å². The predicted octanol–water partition coefficient (Wildman–Crippen LogP) is 5.66. The topological polar surface area (TPSA) is 66.8 Å². The number of ether oxygens (including phenoxy) is 1. The predicted molar refractivity (Wildman–Crippen MR) is 132 cm³/mol. The van der Waals surface area contributed by atoms with E-state index < -0.39 is 12.2 Å². The number of hydrogen-bond donors (Lipinski definition) is 2. The summed E-state index contributed by atoms with van der Waals surface area (Å²) in [5.41, 5.74) is 1.33. The molecule has 190 valence electrons. The molecule has 1 saturated heterocycles. The van der Waals surface area contributed by atoms with Gasteiger partial charge in [-0.1, -0.05) is 53.2 Å². The Labute approximate surface area is 205 Å². The summed E-state index contributed by atoms with van der Waals surface area (Å²) in [4.78, 5) is 12.8. The third kappa shape index (κ3) is 2.46. The molecule has 34 heavy (non-hydrogen) atoms. The fourth-order valence-electron chi connectivity index (χ4n) is 11.2. The summed E-state index contributed by atoms with van der Waals surface area (Å²) in [5.74, 6) is 1.35. The van der Waals surface area contributed by atoms with Gasteiger partial charge in [0.1, 0.15) is 6.10 Å². The van der Waals surface area contributed by atoms with Gasteiger partial charge in [-0.25, -0.2) is 0 Å². The highest BCUT2D eigenvalue weighted by Crippen LogP contribution is 2.76. The van der Waals surface area contributed by atoms with E-state index >= 15 is 0 Å². The number of fused-ring (bicyclic) bond motifs is 10. The Balaban J connectivity index is 1.44. The highest BCUT2D eigenvalue weighted by atomic mass is 16.6. The van der Waals surface area contributed by atoms with E-state index in [0.717, 1.165) is 38.5 Å². The Morgan fingerprint density at radius 3 is 2.29 bits per heavy atom. The van der Waals surface area contributed by atoms with E-state index in [-0.39, 0.29) is 44.6 Å². The fourth-order valence-corrected chi connectivity index (χ4v) is 11.2. The van der Waals surface area contributed by atoms with E-state index in [1.54, 1.807) is 5.57 Å². The highest BCUT2D eigenvalue weighted by molar-refractivity contribution is 5.79. The SMILES string of the molecule is CC1(C)[C@@H](O)[C@H](O)C[C@]2(C)[C@H]3CC=C4[C@@H]5C[C@@]6(C)CC(OC6=O)[C@]5(C)CC[C@@]4(C)[C@]3(C)CC[C@@H]12. The van der Waals surface area contributed by atoms with Crippen molar-refractivity contribution >= 4 is 5.97 Å². The molecule has 2 bridgehead atoms. The highest BCUT2D eigenvalue weighted by Gasteiger charge is 2.71. The summed E-state index contributed by atoms with van der Waals surface area (Å²) < 4.78 is 6.02. The van der Waals surface area contributed by atoms with Crippen LogP contribution in [0.25, 0.3) is 0 Å². The molecule has 0 aromatic rings. The number of rotatable bonds is 0. The maximum Gasteiger partial charge on any atom is 0.312 e. The Morgan fingerprint density at radius 1 is 0.882 bits per heavy atom. The minimum atomic E-state index is -0.650. The van der Waals surface area contributed by atoms with E-state index in [9.17, 15) is 15.0 Å². The first-order valence-electron chi connectivity index (χ1n) is 13.9. The summed E-state index contributed by atoms with van der Waals surface area (Å²) in [6.07, 6.45) is 9.49. The molecule has 1 heterocycles. The van der Waals surface area contributed by atoms with Crippen LogP contribution in [-0.2, 0) is 9.53 Å². The third-order valence-corrected chi connectivity index (χ3v) is 13.6. The van der Waals surface area contributed by atoms with Crippen LogP contribution in [0.1, 0.15) is 99.8 Å². The number of carbonyl (C=O) groups is 1. The first kappa shape index (κ1) is 23.5. The van der Waals surface area contributed by atoms with Gasteiger partial charge in [0.2, 0.25) is 0 Å². The Hall–Kier alpha value is -0.870. The largest absolute Gasteiger partial charge is 0.461 e. The second-order valence-corrected chi connectivity index (χ2v) is 15.3. The monoisotopic (exact) mass is 470 g/mol. The Morgan fingerprint density at radius 2 is 1.59 bits per heavy atom. The summed E-state index contributed by atoms with van der Waals surface area (Å²) in [7, 11) is 0. The van der Waals surface area contributed by atoms with E-state index in [4.69, 9.17) is 4.74 Å². The average molecular weight is 471 g/mol. The standard InChI is InChI=1S/C30H46O4/c1-25(2)20-10-11-30(7)21(28(20,5)15-19(31)23(25)32)9-8-17-18-14-26(3)16-22(34-24(26)33)27(18,4)12-13-29(17,30)6/h8,18-23,31-32H,9-16H2,1-7H3/t18-,19+,20-,21+,22?,23-,26-,27+,28-,29+,30+/m0/s1. The Bertz CT molecular complexity index is 969. The van der Waals surface area contributed by atoms with Crippen LogP contribution in [0.5, 0.6) is 0 Å². The molecule has 11 atom stereocenters. The van der Waals surface area contributed by atoms with Gasteiger partial charge < -0.3 is 14.9 Å². The van der Waals surface area contributed by atoms with Gasteiger partial charge in [0, 0.05) is 11.8 Å². The summed E-state index contributed by atoms with van der Waals surface area (Å²) in [5, 5.41) is 21.9. The lowest BCUT2D eigenvalue weighted by Crippen LogP contribution is -2.67. The molecule has 5 aliphatic carbocycles. The molecule has 4 nitrogen and oxygen atoms in total. The molecule has 0 aromatic heterocycles. The minimum Gasteiger partial charge on any atom is -0.461 e. The molecule has 0 radical (unpaired) electrons. The summed E-state index contributed by atoms with van der Waals surface area (Å²) in [6.45, 7) is 16.4. The van der Waals surface area contributed by atoms with Crippen LogP contribution in [0.3, 0.4) is 0 Å². The molecule has 5 fully saturated rings. The van der Waals surface area contributed by atoms with Crippen molar-refractivity contribution < 1.29 is 19.7 Å². The van der Waals surface area contributed by atoms with Crippen molar-refractivity contribution in [3.05, 3.63) is 11.6 Å². The van der Waals surface area contributed by atoms with Crippen LogP contribution < -0.4 is 0 Å². The van der Waals surface area contributed by atoms with Gasteiger partial charge >= 0.3 is 5.97 Å². The third-order valence-electron chi connectivity index (χ3n) is 13.6. The minimum absolute atomic E-state index is 0.0115. The fraction of sp³-hybridized carbons (Fsp3) is 0.900. The second-order valence-electron chi connectivity index (χ2n) is 15.3. The molecule has 6 aliphatic rings. The van der Waals surface area contributed by atoms with Crippen LogP contribution in [0.2, 0.25) is 0 Å². The van der Waals surface area contributed by atoms with E-state index in [0.29, 0.717) is 24.2 Å². The first-order valence-corrected chi connectivity index (χ1v) is 13.9. The lowest BCUT2D eigenvalue weighted by Gasteiger charge is -2.71. The zero-order valence-electron chi connectivity index (χ0n) is 22.4. The smallest absolute Gasteiger partial charge is 0.312 e. The number of esters is 1. The Kier molecular flexibility index (Phi) is 4.51. The van der Waals surface area contributed by atoms with E-state index in [1.165, 1.54) is 6.42 Å². The van der Waals surface area contributed by atoms with E-state index in [2.05, 4.69) is 54.5 Å². The maximum atomic E-state index is 12.8. The molecular weight excluding hydrogens is 424 g/mol. The molecular formula is C30H46O4. The number of allylic oxidation sites excluding steroid dienone is 2. The van der Waals surface area contributed by atoms with Crippen molar-refractivity contribution in [3.8, 4) is 0 Å². The quantitative estimate of drug-likeness (QED) is 0.354. The summed E-state index contributed by atoms with van der Waals surface area (Å²) >= 11 is 0. The number of aliphatic hydroxyl groups is 2. The lowest BCUT2D eigenvalue weighted by atomic mass is 9.33. The zero-order valence-corrected chi connectivity index (χ0v) is 22.4. The van der Waals surface area contributed by atoms with E-state index in [1.807, 2.05) is 0 Å². The molecule has 1 aliphatic heterocycles. The van der Waals surface area contributed by atoms with Gasteiger partial charge in [-0.05, 0) is 91.3 Å². The van der Waals surface area contributed by atoms with Crippen molar-refractivity contribution in [2.24, 2.45) is 50.2 Å². The van der Waals surface area contributed by atoms with Gasteiger partial charge in [-0.15, -0.1) is 0 Å². The van der Waals surface area contributed by atoms with Gasteiger partial charge in [0.05, 0.1) is 17.6 Å². The molecule has 0 spiro atoms. The molecule has 0 amide bonds. The molecule has 4 saturated carbocycles. The number of aliphatic hydroxyl groups excluding tert-OH is 2. The lowest BCUT2D eigenvalue weighted by molar-refractivity contribution is -0.231. The molecule has 1 unspecified atom stereocenters. The van der Waals surface area contributed by atoms with Crippen LogP contribution in [0, 0.1) is 50.2 Å². The zero-order chi connectivity index (χ0) is 24.7. The van der Waals surface area contributed by atoms with Gasteiger partial charge in [0.25, 0.3) is 0 Å². The summed E-state index contributed by atoms with van der Waals surface area (Å²) in [6, 6.07) is 0. The van der Waals surface area contributed by atoms with Crippen molar-refractivity contribution in [1.82, 2.24) is 0 Å². The molecule has 0 aromatic carbocycles. The molecule has 2 N–H and O–H groups in total. The number of hydrogen-bond acceptors (Lipinski definition) is 4. The van der Waals surface area contributed by atoms with Crippen LogP contribution in [0.4, 0.5) is 0 Å².